The molecule has 1 N–H and O–H groups in total. The summed E-state index contributed by atoms with van der Waals surface area (Å²) in [7, 11) is 1.62. The van der Waals surface area contributed by atoms with Gasteiger partial charge in [0.2, 0.25) is 0 Å². The predicted octanol–water partition coefficient (Wildman–Crippen LogP) is 2.76. The lowest BCUT2D eigenvalue weighted by molar-refractivity contribution is -0.137. The van der Waals surface area contributed by atoms with Crippen LogP contribution in [0.3, 0.4) is 0 Å². The molecule has 0 amide bonds. The van der Waals surface area contributed by atoms with Crippen LogP contribution in [-0.2, 0) is 23.9 Å². The van der Waals surface area contributed by atoms with Gasteiger partial charge in [-0.1, -0.05) is 6.07 Å². The largest absolute Gasteiger partial charge is 0.416 e. The molecule has 2 rings (SSSR count). The number of rotatable bonds is 3. The average molecular weight is 259 g/mol. The molecule has 1 unspecified atom stereocenters. The second-order valence-electron chi connectivity index (χ2n) is 4.54. The van der Waals surface area contributed by atoms with E-state index in [4.69, 9.17) is 4.74 Å². The summed E-state index contributed by atoms with van der Waals surface area (Å²) >= 11 is 0. The van der Waals surface area contributed by atoms with Crippen molar-refractivity contribution < 1.29 is 17.9 Å². The van der Waals surface area contributed by atoms with Crippen LogP contribution in [0.4, 0.5) is 13.2 Å². The van der Waals surface area contributed by atoms with Gasteiger partial charge in [0.1, 0.15) is 0 Å². The maximum atomic E-state index is 12.6. The Morgan fingerprint density at radius 1 is 1.33 bits per heavy atom. The second-order valence-corrected chi connectivity index (χ2v) is 4.54. The zero-order valence-electron chi connectivity index (χ0n) is 10.2. The third kappa shape index (κ3) is 3.03. The van der Waals surface area contributed by atoms with E-state index in [9.17, 15) is 13.2 Å². The molecule has 0 radical (unpaired) electrons. The Labute approximate surface area is 104 Å². The molecule has 0 saturated heterocycles. The molecule has 1 atom stereocenters. The Morgan fingerprint density at radius 3 is 2.78 bits per heavy atom. The van der Waals surface area contributed by atoms with Gasteiger partial charge in [0.05, 0.1) is 5.56 Å². The molecule has 100 valence electrons. The minimum absolute atomic E-state index is 0.195. The lowest BCUT2D eigenvalue weighted by Gasteiger charge is -2.26. The first-order valence-electron chi connectivity index (χ1n) is 5.92. The number of hydrogen-bond acceptors (Lipinski definition) is 2. The fraction of sp³-hybridized carbons (Fsp3) is 0.538. The van der Waals surface area contributed by atoms with E-state index in [0.29, 0.717) is 19.6 Å². The number of methoxy groups -OCH3 is 1. The van der Waals surface area contributed by atoms with E-state index in [2.05, 4.69) is 5.32 Å². The van der Waals surface area contributed by atoms with Crippen molar-refractivity contribution in [2.45, 2.75) is 31.6 Å². The summed E-state index contributed by atoms with van der Waals surface area (Å²) in [6, 6.07) is 4.19. The van der Waals surface area contributed by atoms with Crippen molar-refractivity contribution in [1.82, 2.24) is 5.32 Å². The summed E-state index contributed by atoms with van der Waals surface area (Å²) in [5.74, 6) is 0. The van der Waals surface area contributed by atoms with Gasteiger partial charge in [0, 0.05) is 26.3 Å². The molecule has 1 aromatic rings. The average Bonchev–Trinajstić information content (AvgIpc) is 2.34. The third-order valence-electron chi connectivity index (χ3n) is 3.25. The molecule has 0 aromatic heterocycles. The summed E-state index contributed by atoms with van der Waals surface area (Å²) in [6.07, 6.45) is -2.82. The van der Waals surface area contributed by atoms with E-state index in [1.165, 1.54) is 6.07 Å². The molecule has 5 heteroatoms. The molecule has 0 fully saturated rings. The van der Waals surface area contributed by atoms with E-state index in [0.717, 1.165) is 23.6 Å². The number of ether oxygens (including phenoxy) is 1. The second kappa shape index (κ2) is 5.28. The highest BCUT2D eigenvalue weighted by Gasteiger charge is 2.31. The summed E-state index contributed by atoms with van der Waals surface area (Å²) in [6.45, 7) is 1.24. The van der Waals surface area contributed by atoms with Crippen LogP contribution in [-0.4, -0.2) is 19.8 Å². The van der Waals surface area contributed by atoms with Crippen molar-refractivity contribution in [1.29, 1.82) is 0 Å². The number of hydrogen-bond donors (Lipinski definition) is 1. The SMILES string of the molecule is COCCC1Cc2cc(C(F)(F)F)ccc2CN1. The number of benzene rings is 1. The van der Waals surface area contributed by atoms with Crippen molar-refractivity contribution in [3.63, 3.8) is 0 Å². The molecular weight excluding hydrogens is 243 g/mol. The van der Waals surface area contributed by atoms with Gasteiger partial charge in [-0.3, -0.25) is 0 Å². The van der Waals surface area contributed by atoms with E-state index in [-0.39, 0.29) is 6.04 Å². The number of alkyl halides is 3. The van der Waals surface area contributed by atoms with Gasteiger partial charge < -0.3 is 10.1 Å². The van der Waals surface area contributed by atoms with Crippen LogP contribution in [0.1, 0.15) is 23.1 Å². The van der Waals surface area contributed by atoms with Gasteiger partial charge in [-0.2, -0.15) is 13.2 Å². The maximum Gasteiger partial charge on any atom is 0.416 e. The van der Waals surface area contributed by atoms with E-state index >= 15 is 0 Å². The van der Waals surface area contributed by atoms with Crippen LogP contribution in [0.5, 0.6) is 0 Å². The van der Waals surface area contributed by atoms with Crippen molar-refractivity contribution >= 4 is 0 Å². The van der Waals surface area contributed by atoms with E-state index in [1.807, 2.05) is 0 Å². The van der Waals surface area contributed by atoms with Crippen molar-refractivity contribution in [3.8, 4) is 0 Å². The van der Waals surface area contributed by atoms with Crippen LogP contribution in [0.2, 0.25) is 0 Å². The first-order chi connectivity index (χ1) is 8.50. The molecule has 0 aliphatic carbocycles. The van der Waals surface area contributed by atoms with Gasteiger partial charge in [-0.05, 0) is 36.1 Å². The first kappa shape index (κ1) is 13.4. The topological polar surface area (TPSA) is 21.3 Å². The van der Waals surface area contributed by atoms with Crippen molar-refractivity contribution in [3.05, 3.63) is 34.9 Å². The Balaban J connectivity index is 2.14. The van der Waals surface area contributed by atoms with Gasteiger partial charge >= 0.3 is 6.18 Å². The lowest BCUT2D eigenvalue weighted by atomic mass is 9.92. The number of fused-ring (bicyclic) bond motifs is 1. The van der Waals surface area contributed by atoms with Gasteiger partial charge in [0.25, 0.3) is 0 Å². The molecule has 1 heterocycles. The standard InChI is InChI=1S/C13H16F3NO/c1-18-5-4-12-7-10-6-11(13(14,15)16)3-2-9(10)8-17-12/h2-3,6,12,17H,4-5,7-8H2,1H3. The fourth-order valence-corrected chi connectivity index (χ4v) is 2.22. The Morgan fingerprint density at radius 2 is 2.11 bits per heavy atom. The zero-order chi connectivity index (χ0) is 13.2. The quantitative estimate of drug-likeness (QED) is 0.901. The maximum absolute atomic E-state index is 12.6. The predicted molar refractivity (Wildman–Crippen MR) is 62.3 cm³/mol. The Hall–Kier alpha value is -1.07. The van der Waals surface area contributed by atoms with Gasteiger partial charge in [-0.25, -0.2) is 0 Å². The highest BCUT2D eigenvalue weighted by molar-refractivity contribution is 5.35. The number of nitrogens with one attached hydrogen (secondary N) is 1. The van der Waals surface area contributed by atoms with Crippen LogP contribution >= 0.6 is 0 Å². The summed E-state index contributed by atoms with van der Waals surface area (Å²) in [4.78, 5) is 0. The minimum Gasteiger partial charge on any atom is -0.385 e. The smallest absolute Gasteiger partial charge is 0.385 e. The summed E-state index contributed by atoms with van der Waals surface area (Å²) in [5.41, 5.74) is 1.19. The summed E-state index contributed by atoms with van der Waals surface area (Å²) < 4.78 is 42.9. The van der Waals surface area contributed by atoms with Gasteiger partial charge in [-0.15, -0.1) is 0 Å². The highest BCUT2D eigenvalue weighted by atomic mass is 19.4. The lowest BCUT2D eigenvalue weighted by Crippen LogP contribution is -2.36. The molecule has 1 aromatic carbocycles. The molecule has 0 bridgehead atoms. The van der Waals surface area contributed by atoms with Crippen LogP contribution in [0, 0.1) is 0 Å². The van der Waals surface area contributed by atoms with Crippen LogP contribution in [0.25, 0.3) is 0 Å². The van der Waals surface area contributed by atoms with Crippen LogP contribution < -0.4 is 5.32 Å². The first-order valence-corrected chi connectivity index (χ1v) is 5.92. The third-order valence-corrected chi connectivity index (χ3v) is 3.25. The fourth-order valence-electron chi connectivity index (χ4n) is 2.22. The molecule has 18 heavy (non-hydrogen) atoms. The Kier molecular flexibility index (Phi) is 3.92. The minimum atomic E-state index is -4.26. The highest BCUT2D eigenvalue weighted by Crippen LogP contribution is 2.31. The van der Waals surface area contributed by atoms with E-state index < -0.39 is 11.7 Å². The monoisotopic (exact) mass is 259 g/mol. The normalized spacial score (nSPS) is 19.7. The van der Waals surface area contributed by atoms with Crippen LogP contribution in [0.15, 0.2) is 18.2 Å². The van der Waals surface area contributed by atoms with Crippen molar-refractivity contribution in [2.24, 2.45) is 0 Å². The Bertz CT molecular complexity index is 417. The zero-order valence-corrected chi connectivity index (χ0v) is 10.2. The van der Waals surface area contributed by atoms with E-state index in [1.54, 1.807) is 13.2 Å². The van der Waals surface area contributed by atoms with Gasteiger partial charge in [0.15, 0.2) is 0 Å². The summed E-state index contributed by atoms with van der Waals surface area (Å²) in [5, 5.41) is 3.31. The molecule has 1 aliphatic rings. The molecular formula is C13H16F3NO. The molecule has 0 spiro atoms. The molecule has 1 aliphatic heterocycles. The molecule has 0 saturated carbocycles. The number of halogens is 3. The van der Waals surface area contributed by atoms with Crippen molar-refractivity contribution in [2.75, 3.05) is 13.7 Å². The molecule has 2 nitrogen and oxygen atoms in total.